The number of hydrogen-bond acceptors (Lipinski definition) is 4. The van der Waals surface area contributed by atoms with E-state index in [0.717, 1.165) is 0 Å². The zero-order valence-electron chi connectivity index (χ0n) is 8.03. The quantitative estimate of drug-likeness (QED) is 0.799. The number of carboxylic acid groups (broad SMARTS) is 1. The van der Waals surface area contributed by atoms with Crippen molar-refractivity contribution in [2.75, 3.05) is 0 Å². The van der Waals surface area contributed by atoms with Crippen molar-refractivity contribution in [2.24, 2.45) is 0 Å². The number of carbonyl (C=O) groups is 1. The summed E-state index contributed by atoms with van der Waals surface area (Å²) in [6.45, 7) is 0. The molecule has 78 valence electrons. The van der Waals surface area contributed by atoms with E-state index >= 15 is 0 Å². The topological polar surface area (TPSA) is 91.8 Å². The highest BCUT2D eigenvalue weighted by Gasteiger charge is 2.09. The minimum atomic E-state index is -1.17. The first kappa shape index (κ1) is 9.86. The molecule has 0 saturated carbocycles. The summed E-state index contributed by atoms with van der Waals surface area (Å²) >= 11 is 0. The van der Waals surface area contributed by atoms with Gasteiger partial charge in [-0.05, 0) is 24.3 Å². The summed E-state index contributed by atoms with van der Waals surface area (Å²) in [6.07, 6.45) is 1.31. The normalized spacial score (nSPS) is 9.69. The van der Waals surface area contributed by atoms with E-state index in [4.69, 9.17) is 10.4 Å². The number of nitriles is 1. The molecule has 0 amide bonds. The Morgan fingerprint density at radius 1 is 1.38 bits per heavy atom. The lowest BCUT2D eigenvalue weighted by molar-refractivity contribution is 0.0683. The highest BCUT2D eigenvalue weighted by Crippen LogP contribution is 2.07. The predicted molar refractivity (Wildman–Crippen MR) is 53.0 cm³/mol. The van der Waals surface area contributed by atoms with Crippen molar-refractivity contribution in [2.45, 2.75) is 0 Å². The van der Waals surface area contributed by atoms with Gasteiger partial charge in [0.15, 0.2) is 0 Å². The van der Waals surface area contributed by atoms with Gasteiger partial charge >= 0.3 is 5.97 Å². The van der Waals surface area contributed by atoms with Gasteiger partial charge in [0.2, 0.25) is 0 Å². The van der Waals surface area contributed by atoms with Crippen molar-refractivity contribution in [1.82, 2.24) is 14.8 Å². The minimum Gasteiger partial charge on any atom is -0.475 e. The van der Waals surface area contributed by atoms with Crippen molar-refractivity contribution < 1.29 is 9.90 Å². The summed E-state index contributed by atoms with van der Waals surface area (Å²) in [5, 5.41) is 21.0. The van der Waals surface area contributed by atoms with Gasteiger partial charge in [-0.25, -0.2) is 14.5 Å². The van der Waals surface area contributed by atoms with Crippen LogP contribution >= 0.6 is 0 Å². The van der Waals surface area contributed by atoms with Crippen molar-refractivity contribution in [3.05, 3.63) is 42.0 Å². The predicted octanol–water partition coefficient (Wildman–Crippen LogP) is 0.837. The molecule has 0 aliphatic heterocycles. The van der Waals surface area contributed by atoms with Crippen LogP contribution in [-0.2, 0) is 0 Å². The van der Waals surface area contributed by atoms with Crippen molar-refractivity contribution in [3.63, 3.8) is 0 Å². The first-order chi connectivity index (χ1) is 7.70. The molecule has 0 aliphatic carbocycles. The Morgan fingerprint density at radius 3 is 2.56 bits per heavy atom. The van der Waals surface area contributed by atoms with Crippen LogP contribution in [0.1, 0.15) is 16.2 Å². The maximum absolute atomic E-state index is 10.6. The van der Waals surface area contributed by atoms with E-state index in [1.807, 2.05) is 6.07 Å². The lowest BCUT2D eigenvalue weighted by atomic mass is 10.2. The third kappa shape index (κ3) is 1.74. The standard InChI is InChI=1S/C10H6N4O2/c11-5-7-1-3-8(4-2-7)14-6-12-9(13-14)10(15)16/h1-4,6H,(H,15,16). The molecule has 1 aromatic heterocycles. The minimum absolute atomic E-state index is 0.260. The van der Waals surface area contributed by atoms with E-state index in [2.05, 4.69) is 10.1 Å². The largest absolute Gasteiger partial charge is 0.475 e. The average Bonchev–Trinajstić information content (AvgIpc) is 2.78. The highest BCUT2D eigenvalue weighted by molar-refractivity contribution is 5.82. The molecule has 0 bridgehead atoms. The Labute approximate surface area is 90.4 Å². The Balaban J connectivity index is 2.36. The number of hydrogen-bond donors (Lipinski definition) is 1. The second-order valence-corrected chi connectivity index (χ2v) is 2.98. The molecule has 2 rings (SSSR count). The van der Waals surface area contributed by atoms with Crippen molar-refractivity contribution in [3.8, 4) is 11.8 Å². The molecule has 0 unspecified atom stereocenters. The van der Waals surface area contributed by atoms with E-state index in [1.54, 1.807) is 24.3 Å². The van der Waals surface area contributed by atoms with E-state index in [-0.39, 0.29) is 5.82 Å². The molecule has 0 saturated heterocycles. The van der Waals surface area contributed by atoms with Crippen LogP contribution in [0.4, 0.5) is 0 Å². The number of carboxylic acids is 1. The smallest absolute Gasteiger partial charge is 0.375 e. The van der Waals surface area contributed by atoms with Crippen molar-refractivity contribution in [1.29, 1.82) is 5.26 Å². The van der Waals surface area contributed by atoms with Gasteiger partial charge in [-0.3, -0.25) is 0 Å². The summed E-state index contributed by atoms with van der Waals surface area (Å²) in [5.74, 6) is -1.43. The molecule has 16 heavy (non-hydrogen) atoms. The summed E-state index contributed by atoms with van der Waals surface area (Å²) in [7, 11) is 0. The molecule has 0 atom stereocenters. The van der Waals surface area contributed by atoms with E-state index in [1.165, 1.54) is 11.0 Å². The van der Waals surface area contributed by atoms with Gasteiger partial charge in [0, 0.05) is 0 Å². The lowest BCUT2D eigenvalue weighted by Gasteiger charge is -1.98. The molecule has 1 N–H and O–H groups in total. The third-order valence-corrected chi connectivity index (χ3v) is 1.94. The number of nitrogens with zero attached hydrogens (tertiary/aromatic N) is 4. The Hall–Kier alpha value is -2.68. The van der Waals surface area contributed by atoms with Crippen LogP contribution in [0.5, 0.6) is 0 Å². The fourth-order valence-electron chi connectivity index (χ4n) is 1.17. The van der Waals surface area contributed by atoms with Crippen LogP contribution < -0.4 is 0 Å². The maximum atomic E-state index is 10.6. The fourth-order valence-corrected chi connectivity index (χ4v) is 1.17. The Kier molecular flexibility index (Phi) is 2.36. The molecule has 0 radical (unpaired) electrons. The third-order valence-electron chi connectivity index (χ3n) is 1.94. The first-order valence-electron chi connectivity index (χ1n) is 4.36. The summed E-state index contributed by atoms with van der Waals surface area (Å²) < 4.78 is 1.34. The SMILES string of the molecule is N#Cc1ccc(-n2cnc(C(=O)O)n2)cc1. The summed E-state index contributed by atoms with van der Waals surface area (Å²) in [5.41, 5.74) is 1.18. The maximum Gasteiger partial charge on any atom is 0.375 e. The number of aromatic carboxylic acids is 1. The van der Waals surface area contributed by atoms with Gasteiger partial charge in [0.25, 0.3) is 5.82 Å². The molecule has 1 aromatic carbocycles. The summed E-state index contributed by atoms with van der Waals surface area (Å²) in [6, 6.07) is 8.57. The molecular formula is C10H6N4O2. The monoisotopic (exact) mass is 214 g/mol. The van der Waals surface area contributed by atoms with Crippen LogP contribution in [0, 0.1) is 11.3 Å². The lowest BCUT2D eigenvalue weighted by Crippen LogP contribution is -2.01. The number of aromatic nitrogens is 3. The molecule has 0 aliphatic rings. The van der Waals surface area contributed by atoms with E-state index in [9.17, 15) is 4.79 Å². The fraction of sp³-hybridized carbons (Fsp3) is 0. The summed E-state index contributed by atoms with van der Waals surface area (Å²) in [4.78, 5) is 14.2. The number of benzene rings is 1. The van der Waals surface area contributed by atoms with Crippen LogP contribution in [0.2, 0.25) is 0 Å². The molecule has 6 heteroatoms. The van der Waals surface area contributed by atoms with Gasteiger partial charge < -0.3 is 5.11 Å². The number of rotatable bonds is 2. The molecular weight excluding hydrogens is 208 g/mol. The molecule has 1 heterocycles. The Morgan fingerprint density at radius 2 is 2.06 bits per heavy atom. The highest BCUT2D eigenvalue weighted by atomic mass is 16.4. The van der Waals surface area contributed by atoms with Gasteiger partial charge in [-0.15, -0.1) is 5.10 Å². The second-order valence-electron chi connectivity index (χ2n) is 2.98. The Bertz CT molecular complexity index is 565. The van der Waals surface area contributed by atoms with Gasteiger partial charge in [0.05, 0.1) is 17.3 Å². The van der Waals surface area contributed by atoms with Crippen LogP contribution in [0.15, 0.2) is 30.6 Å². The molecule has 6 nitrogen and oxygen atoms in total. The molecule has 0 spiro atoms. The van der Waals surface area contributed by atoms with Crippen molar-refractivity contribution >= 4 is 5.97 Å². The van der Waals surface area contributed by atoms with E-state index < -0.39 is 5.97 Å². The van der Waals surface area contributed by atoms with Crippen LogP contribution in [0.25, 0.3) is 5.69 Å². The van der Waals surface area contributed by atoms with E-state index in [0.29, 0.717) is 11.3 Å². The van der Waals surface area contributed by atoms with Crippen LogP contribution in [0.3, 0.4) is 0 Å². The zero-order valence-corrected chi connectivity index (χ0v) is 8.03. The average molecular weight is 214 g/mol. The second kappa shape index (κ2) is 3.82. The van der Waals surface area contributed by atoms with Gasteiger partial charge in [0.1, 0.15) is 6.33 Å². The molecule has 0 fully saturated rings. The molecule has 2 aromatic rings. The van der Waals surface area contributed by atoms with Crippen LogP contribution in [-0.4, -0.2) is 25.8 Å². The van der Waals surface area contributed by atoms with Gasteiger partial charge in [-0.2, -0.15) is 5.26 Å². The zero-order chi connectivity index (χ0) is 11.5. The van der Waals surface area contributed by atoms with Gasteiger partial charge in [-0.1, -0.05) is 0 Å². The first-order valence-corrected chi connectivity index (χ1v) is 4.36.